The number of aryl methyl sites for hydroxylation is 1. The molecule has 1 amide bonds. The van der Waals surface area contributed by atoms with E-state index < -0.39 is 6.09 Å². The molecular weight excluding hydrogens is 326 g/mol. The molecule has 132 valence electrons. The Kier molecular flexibility index (Phi) is 5.83. The van der Waals surface area contributed by atoms with E-state index in [4.69, 9.17) is 4.74 Å². The first-order valence-corrected chi connectivity index (χ1v) is 8.44. The van der Waals surface area contributed by atoms with E-state index in [1.54, 1.807) is 6.20 Å². The summed E-state index contributed by atoms with van der Waals surface area (Å²) < 4.78 is 7.00. The third-order valence-electron chi connectivity index (χ3n) is 3.85. The minimum Gasteiger partial charge on any atom is -0.445 e. The van der Waals surface area contributed by atoms with E-state index in [1.807, 2.05) is 71.6 Å². The van der Waals surface area contributed by atoms with Gasteiger partial charge in [0.05, 0.1) is 11.9 Å². The summed E-state index contributed by atoms with van der Waals surface area (Å²) >= 11 is 0. The molecule has 0 aliphatic carbocycles. The number of carbonyl (C=O) groups excluding carboxylic acids is 1. The van der Waals surface area contributed by atoms with Gasteiger partial charge in [-0.3, -0.25) is 0 Å². The number of nitrogens with one attached hydrogen (secondary N) is 1. The van der Waals surface area contributed by atoms with Crippen molar-refractivity contribution in [2.24, 2.45) is 0 Å². The monoisotopic (exact) mass is 347 g/mol. The van der Waals surface area contributed by atoms with Crippen LogP contribution < -0.4 is 5.32 Å². The summed E-state index contributed by atoms with van der Waals surface area (Å²) in [5, 5.41) is 7.07. The molecule has 3 aromatic rings. The van der Waals surface area contributed by atoms with Crippen LogP contribution >= 0.6 is 0 Å². The first-order valence-electron chi connectivity index (χ1n) is 8.44. The van der Waals surface area contributed by atoms with Crippen LogP contribution in [-0.2, 0) is 11.3 Å². The normalized spacial score (nSPS) is 10.8. The van der Waals surface area contributed by atoms with E-state index in [1.165, 1.54) is 0 Å². The molecule has 0 atom stereocenters. The molecule has 1 heterocycles. The second-order valence-corrected chi connectivity index (χ2v) is 5.85. The molecule has 0 fully saturated rings. The number of amides is 1. The molecule has 0 radical (unpaired) electrons. The average molecular weight is 347 g/mol. The maximum Gasteiger partial charge on any atom is 0.407 e. The van der Waals surface area contributed by atoms with Crippen molar-refractivity contribution in [1.82, 2.24) is 15.1 Å². The van der Waals surface area contributed by atoms with Gasteiger partial charge in [-0.25, -0.2) is 9.48 Å². The maximum absolute atomic E-state index is 11.7. The number of para-hydroxylation sites is 1. The molecule has 5 nitrogen and oxygen atoms in total. The second-order valence-electron chi connectivity index (χ2n) is 5.85. The molecule has 3 rings (SSSR count). The number of ether oxygens (including phenoxy) is 1. The minimum absolute atomic E-state index is 0.263. The molecule has 0 bridgehead atoms. The molecule has 2 aromatic carbocycles. The van der Waals surface area contributed by atoms with E-state index in [0.29, 0.717) is 6.54 Å². The largest absolute Gasteiger partial charge is 0.445 e. The van der Waals surface area contributed by atoms with Crippen LogP contribution in [0.3, 0.4) is 0 Å². The van der Waals surface area contributed by atoms with Gasteiger partial charge in [-0.15, -0.1) is 0 Å². The van der Waals surface area contributed by atoms with Gasteiger partial charge in [0.1, 0.15) is 6.61 Å². The highest BCUT2D eigenvalue weighted by atomic mass is 16.5. The summed E-state index contributed by atoms with van der Waals surface area (Å²) in [4.78, 5) is 11.7. The summed E-state index contributed by atoms with van der Waals surface area (Å²) in [7, 11) is 0. The van der Waals surface area contributed by atoms with Gasteiger partial charge >= 0.3 is 6.09 Å². The molecule has 1 N–H and O–H groups in total. The fraction of sp³-hybridized carbons (Fsp3) is 0.143. The SMILES string of the molecule is Cc1ccccc1-n1cc(C=CCNC(=O)OCc2ccccc2)cn1. The summed E-state index contributed by atoms with van der Waals surface area (Å²) in [6, 6.07) is 17.7. The van der Waals surface area contributed by atoms with Crippen molar-refractivity contribution in [2.45, 2.75) is 13.5 Å². The zero-order valence-corrected chi connectivity index (χ0v) is 14.6. The van der Waals surface area contributed by atoms with E-state index in [-0.39, 0.29) is 6.61 Å². The van der Waals surface area contributed by atoms with Gasteiger partial charge in [-0.05, 0) is 24.1 Å². The fourth-order valence-electron chi connectivity index (χ4n) is 2.49. The van der Waals surface area contributed by atoms with Crippen molar-refractivity contribution in [3.63, 3.8) is 0 Å². The van der Waals surface area contributed by atoms with E-state index in [0.717, 1.165) is 22.4 Å². The quantitative estimate of drug-likeness (QED) is 0.730. The van der Waals surface area contributed by atoms with Crippen molar-refractivity contribution in [1.29, 1.82) is 0 Å². The number of carbonyl (C=O) groups is 1. The first-order chi connectivity index (χ1) is 12.7. The lowest BCUT2D eigenvalue weighted by atomic mass is 10.2. The van der Waals surface area contributed by atoms with Crippen LogP contribution in [0.5, 0.6) is 0 Å². The number of hydrogen-bond donors (Lipinski definition) is 1. The molecule has 0 unspecified atom stereocenters. The number of hydrogen-bond acceptors (Lipinski definition) is 3. The Hall–Kier alpha value is -3.34. The van der Waals surface area contributed by atoms with Crippen LogP contribution in [-0.4, -0.2) is 22.4 Å². The van der Waals surface area contributed by atoms with Gasteiger partial charge in [0.2, 0.25) is 0 Å². The van der Waals surface area contributed by atoms with Crippen molar-refractivity contribution in [3.8, 4) is 5.69 Å². The lowest BCUT2D eigenvalue weighted by Gasteiger charge is -2.05. The predicted octanol–water partition coefficient (Wildman–Crippen LogP) is 4.12. The highest BCUT2D eigenvalue weighted by Crippen LogP contribution is 2.13. The van der Waals surface area contributed by atoms with Gasteiger partial charge in [-0.2, -0.15) is 5.10 Å². The second kappa shape index (κ2) is 8.67. The number of rotatable bonds is 6. The average Bonchev–Trinajstić information content (AvgIpc) is 3.13. The Bertz CT molecular complexity index is 885. The van der Waals surface area contributed by atoms with Crippen LogP contribution in [0.25, 0.3) is 11.8 Å². The number of benzene rings is 2. The zero-order valence-electron chi connectivity index (χ0n) is 14.6. The standard InChI is InChI=1S/C21H21N3O2/c1-17-8-5-6-12-20(17)24-15-19(14-23-24)11-7-13-22-21(25)26-16-18-9-3-2-4-10-18/h2-12,14-15H,13,16H2,1H3,(H,22,25). The molecule has 0 saturated heterocycles. The molecule has 0 saturated carbocycles. The van der Waals surface area contributed by atoms with Crippen molar-refractivity contribution < 1.29 is 9.53 Å². The summed E-state index contributed by atoms with van der Waals surface area (Å²) in [5.41, 5.74) is 4.14. The van der Waals surface area contributed by atoms with Gasteiger partial charge < -0.3 is 10.1 Å². The topological polar surface area (TPSA) is 56.2 Å². The summed E-state index contributed by atoms with van der Waals surface area (Å²) in [6.07, 6.45) is 7.08. The Morgan fingerprint density at radius 2 is 1.92 bits per heavy atom. The Labute approximate surface area is 152 Å². The van der Waals surface area contributed by atoms with Gasteiger partial charge in [0, 0.05) is 18.3 Å². The van der Waals surface area contributed by atoms with E-state index >= 15 is 0 Å². The maximum atomic E-state index is 11.7. The highest BCUT2D eigenvalue weighted by Gasteiger charge is 2.02. The smallest absolute Gasteiger partial charge is 0.407 e. The van der Waals surface area contributed by atoms with Gasteiger partial charge in [0.25, 0.3) is 0 Å². The first kappa shape index (κ1) is 17.5. The molecule has 0 aliphatic rings. The lowest BCUT2D eigenvalue weighted by molar-refractivity contribution is 0.141. The fourth-order valence-corrected chi connectivity index (χ4v) is 2.49. The minimum atomic E-state index is -0.436. The number of alkyl carbamates (subject to hydrolysis) is 1. The zero-order chi connectivity index (χ0) is 18.2. The van der Waals surface area contributed by atoms with Crippen LogP contribution in [0, 0.1) is 6.92 Å². The van der Waals surface area contributed by atoms with E-state index in [9.17, 15) is 4.79 Å². The Morgan fingerprint density at radius 3 is 2.73 bits per heavy atom. The van der Waals surface area contributed by atoms with Crippen LogP contribution in [0.2, 0.25) is 0 Å². The van der Waals surface area contributed by atoms with Gasteiger partial charge in [0.15, 0.2) is 0 Å². The third-order valence-corrected chi connectivity index (χ3v) is 3.85. The van der Waals surface area contributed by atoms with Crippen molar-refractivity contribution in [2.75, 3.05) is 6.54 Å². The molecule has 0 aliphatic heterocycles. The Morgan fingerprint density at radius 1 is 1.15 bits per heavy atom. The highest BCUT2D eigenvalue weighted by molar-refractivity contribution is 5.67. The molecule has 1 aromatic heterocycles. The molecule has 5 heteroatoms. The van der Waals surface area contributed by atoms with Crippen molar-refractivity contribution in [3.05, 3.63) is 89.8 Å². The third kappa shape index (κ3) is 4.83. The van der Waals surface area contributed by atoms with E-state index in [2.05, 4.69) is 23.4 Å². The van der Waals surface area contributed by atoms with Crippen LogP contribution in [0.4, 0.5) is 4.79 Å². The predicted molar refractivity (Wildman–Crippen MR) is 102 cm³/mol. The lowest BCUT2D eigenvalue weighted by Crippen LogP contribution is -2.24. The van der Waals surface area contributed by atoms with Gasteiger partial charge in [-0.1, -0.05) is 60.7 Å². The summed E-state index contributed by atoms with van der Waals surface area (Å²) in [5.74, 6) is 0. The molecular formula is C21H21N3O2. The van der Waals surface area contributed by atoms with Crippen molar-refractivity contribution >= 4 is 12.2 Å². The number of nitrogens with zero attached hydrogens (tertiary/aromatic N) is 2. The Balaban J connectivity index is 1.46. The number of aromatic nitrogens is 2. The molecule has 26 heavy (non-hydrogen) atoms. The van der Waals surface area contributed by atoms with Crippen LogP contribution in [0.15, 0.2) is 73.1 Å². The summed E-state index contributed by atoms with van der Waals surface area (Å²) in [6.45, 7) is 2.71. The van der Waals surface area contributed by atoms with Crippen LogP contribution in [0.1, 0.15) is 16.7 Å². The molecule has 0 spiro atoms.